The Bertz CT molecular complexity index is 1270. The van der Waals surface area contributed by atoms with Crippen LogP contribution in [0.5, 0.6) is 11.5 Å². The third-order valence-electron chi connectivity index (χ3n) is 4.90. The highest BCUT2D eigenvalue weighted by Crippen LogP contribution is 2.37. The maximum Gasteiger partial charge on any atom is 0.326 e. The summed E-state index contributed by atoms with van der Waals surface area (Å²) in [6, 6.07) is 8.59. The number of halogens is 2. The van der Waals surface area contributed by atoms with Gasteiger partial charge in [-0.3, -0.25) is 24.1 Å². The van der Waals surface area contributed by atoms with Gasteiger partial charge < -0.3 is 19.5 Å². The number of anilines is 1. The molecule has 2 aromatic carbocycles. The summed E-state index contributed by atoms with van der Waals surface area (Å²) in [5, 5.41) is 2.73. The zero-order valence-electron chi connectivity index (χ0n) is 20.3. The number of ether oxygens (including phenoxy) is 3. The molecule has 3 amide bonds. The number of nitrogens with zero attached hydrogens (tertiary/aromatic N) is 1. The van der Waals surface area contributed by atoms with Crippen molar-refractivity contribution in [1.82, 2.24) is 4.90 Å². The van der Waals surface area contributed by atoms with Crippen LogP contribution in [0.1, 0.15) is 25.0 Å². The summed E-state index contributed by atoms with van der Waals surface area (Å²) in [6.45, 7) is 5.09. The first-order valence-corrected chi connectivity index (χ1v) is 13.5. The quantitative estimate of drug-likeness (QED) is 0.209. The lowest BCUT2D eigenvalue weighted by Gasteiger charge is -2.15. The number of rotatable bonds is 10. The summed E-state index contributed by atoms with van der Waals surface area (Å²) >= 11 is 8.89. The SMILES string of the molecule is CCOC(=O)CN1C(=O)S/C(=C\c2cc(I)c(OCC(=O)Nc3ccc(C)c(Cl)c3)c(OCC)c2)C1=O. The molecule has 196 valence electrons. The van der Waals surface area contributed by atoms with Gasteiger partial charge in [0.2, 0.25) is 0 Å². The molecule has 1 fully saturated rings. The van der Waals surface area contributed by atoms with Crippen LogP contribution < -0.4 is 14.8 Å². The summed E-state index contributed by atoms with van der Waals surface area (Å²) in [6.07, 6.45) is 1.54. The fraction of sp³-hybridized carbons (Fsp3) is 0.280. The van der Waals surface area contributed by atoms with Gasteiger partial charge in [-0.15, -0.1) is 0 Å². The molecule has 1 aliphatic rings. The molecular formula is C25H24ClIN2O7S. The highest BCUT2D eigenvalue weighted by molar-refractivity contribution is 14.1. The van der Waals surface area contributed by atoms with Crippen LogP contribution in [0.25, 0.3) is 6.08 Å². The number of carbonyl (C=O) groups excluding carboxylic acids is 4. The number of imide groups is 1. The van der Waals surface area contributed by atoms with E-state index in [1.807, 2.05) is 29.5 Å². The zero-order valence-corrected chi connectivity index (χ0v) is 24.0. The topological polar surface area (TPSA) is 111 Å². The highest BCUT2D eigenvalue weighted by Gasteiger charge is 2.36. The highest BCUT2D eigenvalue weighted by atomic mass is 127. The van der Waals surface area contributed by atoms with E-state index in [0.29, 0.717) is 37.9 Å². The molecule has 2 aromatic rings. The first-order valence-electron chi connectivity index (χ1n) is 11.2. The molecule has 0 radical (unpaired) electrons. The fourth-order valence-electron chi connectivity index (χ4n) is 3.20. The molecule has 12 heteroatoms. The van der Waals surface area contributed by atoms with Crippen LogP contribution in [0, 0.1) is 10.5 Å². The average molecular weight is 659 g/mol. The molecule has 37 heavy (non-hydrogen) atoms. The second-order valence-corrected chi connectivity index (χ2v) is 10.2. The Labute approximate surface area is 237 Å². The van der Waals surface area contributed by atoms with Gasteiger partial charge in [0.15, 0.2) is 18.1 Å². The van der Waals surface area contributed by atoms with E-state index in [1.165, 1.54) is 0 Å². The van der Waals surface area contributed by atoms with E-state index in [2.05, 4.69) is 5.32 Å². The van der Waals surface area contributed by atoms with Gasteiger partial charge in [0, 0.05) is 10.7 Å². The Morgan fingerprint density at radius 2 is 1.89 bits per heavy atom. The first kappa shape index (κ1) is 28.8. The van der Waals surface area contributed by atoms with E-state index in [1.54, 1.807) is 50.3 Å². The number of esters is 1. The van der Waals surface area contributed by atoms with Crippen LogP contribution in [0.3, 0.4) is 0 Å². The monoisotopic (exact) mass is 658 g/mol. The summed E-state index contributed by atoms with van der Waals surface area (Å²) in [7, 11) is 0. The van der Waals surface area contributed by atoms with Gasteiger partial charge >= 0.3 is 5.97 Å². The first-order chi connectivity index (χ1) is 17.6. The van der Waals surface area contributed by atoms with E-state index < -0.39 is 23.7 Å². The number of thioether (sulfide) groups is 1. The molecular weight excluding hydrogens is 635 g/mol. The van der Waals surface area contributed by atoms with Crippen LogP contribution in [-0.2, 0) is 19.1 Å². The number of carbonyl (C=O) groups is 4. The van der Waals surface area contributed by atoms with Crippen LogP contribution >= 0.6 is 46.0 Å². The minimum Gasteiger partial charge on any atom is -0.490 e. The largest absolute Gasteiger partial charge is 0.490 e. The normalized spacial score (nSPS) is 14.2. The Kier molecular flexibility index (Phi) is 10.2. The smallest absolute Gasteiger partial charge is 0.326 e. The average Bonchev–Trinajstić information content (AvgIpc) is 3.08. The molecule has 0 unspecified atom stereocenters. The Morgan fingerprint density at radius 3 is 2.57 bits per heavy atom. The lowest BCUT2D eigenvalue weighted by Crippen LogP contribution is -2.34. The lowest BCUT2D eigenvalue weighted by molar-refractivity contribution is -0.146. The van der Waals surface area contributed by atoms with E-state index >= 15 is 0 Å². The van der Waals surface area contributed by atoms with Crippen molar-refractivity contribution >= 4 is 80.7 Å². The molecule has 9 nitrogen and oxygen atoms in total. The van der Waals surface area contributed by atoms with Gasteiger partial charge in [-0.1, -0.05) is 17.7 Å². The summed E-state index contributed by atoms with van der Waals surface area (Å²) in [5.74, 6) is -0.873. The summed E-state index contributed by atoms with van der Waals surface area (Å²) in [4.78, 5) is 50.1. The molecule has 0 bridgehead atoms. The number of aryl methyl sites for hydroxylation is 1. The summed E-state index contributed by atoms with van der Waals surface area (Å²) < 4.78 is 16.9. The molecule has 1 saturated heterocycles. The molecule has 0 spiro atoms. The van der Waals surface area contributed by atoms with E-state index in [9.17, 15) is 19.2 Å². The second-order valence-electron chi connectivity index (χ2n) is 7.64. The maximum absolute atomic E-state index is 12.7. The van der Waals surface area contributed by atoms with Crippen LogP contribution in [-0.4, -0.2) is 54.3 Å². The number of nitrogens with one attached hydrogen (secondary N) is 1. The van der Waals surface area contributed by atoms with Crippen LogP contribution in [0.15, 0.2) is 35.2 Å². The Hall–Kier alpha value is -2.77. The van der Waals surface area contributed by atoms with Crippen molar-refractivity contribution in [1.29, 1.82) is 0 Å². The van der Waals surface area contributed by atoms with Crippen LogP contribution in [0.2, 0.25) is 5.02 Å². The zero-order chi connectivity index (χ0) is 27.1. The fourth-order valence-corrected chi connectivity index (χ4v) is 5.00. The molecule has 1 aliphatic heterocycles. The molecule has 0 saturated carbocycles. The third-order valence-corrected chi connectivity index (χ3v) is 7.01. The van der Waals surface area contributed by atoms with Crippen molar-refractivity contribution in [2.45, 2.75) is 20.8 Å². The predicted octanol–water partition coefficient (Wildman–Crippen LogP) is 5.27. The van der Waals surface area contributed by atoms with Gasteiger partial charge in [-0.2, -0.15) is 0 Å². The van der Waals surface area contributed by atoms with Crippen molar-refractivity contribution in [3.63, 3.8) is 0 Å². The van der Waals surface area contributed by atoms with Crippen molar-refractivity contribution in [3.8, 4) is 11.5 Å². The summed E-state index contributed by atoms with van der Waals surface area (Å²) in [5.41, 5.74) is 2.03. The van der Waals surface area contributed by atoms with Gasteiger partial charge in [0.1, 0.15) is 6.54 Å². The molecule has 3 rings (SSSR count). The van der Waals surface area contributed by atoms with Gasteiger partial charge in [0.05, 0.1) is 21.7 Å². The molecule has 1 N–H and O–H groups in total. The Balaban J connectivity index is 1.75. The molecule has 0 aliphatic carbocycles. The second kappa shape index (κ2) is 13.2. The number of hydrogen-bond acceptors (Lipinski definition) is 8. The van der Waals surface area contributed by atoms with Crippen molar-refractivity contribution in [3.05, 3.63) is 55.0 Å². The minimum atomic E-state index is -0.657. The minimum absolute atomic E-state index is 0.153. The molecule has 0 atom stereocenters. The maximum atomic E-state index is 12.7. The van der Waals surface area contributed by atoms with Crippen LogP contribution in [0.4, 0.5) is 10.5 Å². The third kappa shape index (κ3) is 7.62. The Morgan fingerprint density at radius 1 is 1.14 bits per heavy atom. The molecule has 0 aromatic heterocycles. The number of hydrogen-bond donors (Lipinski definition) is 1. The van der Waals surface area contributed by atoms with Crippen molar-refractivity contribution in [2.75, 3.05) is 31.7 Å². The van der Waals surface area contributed by atoms with Crippen molar-refractivity contribution < 1.29 is 33.4 Å². The van der Waals surface area contributed by atoms with E-state index in [4.69, 9.17) is 25.8 Å². The van der Waals surface area contributed by atoms with Gasteiger partial charge in [-0.25, -0.2) is 0 Å². The number of amides is 3. The van der Waals surface area contributed by atoms with Crippen molar-refractivity contribution in [2.24, 2.45) is 0 Å². The number of benzene rings is 2. The molecule has 1 heterocycles. The van der Waals surface area contributed by atoms with Gasteiger partial charge in [0.25, 0.3) is 17.1 Å². The predicted molar refractivity (Wildman–Crippen MR) is 150 cm³/mol. The standard InChI is InChI=1S/C25H24ClIN2O7S/c1-4-34-19-9-15(10-20-24(32)29(25(33)37-20)12-22(31)35-5-2)8-18(27)23(19)36-13-21(30)28-16-7-6-14(3)17(26)11-16/h6-11H,4-5,12-13H2,1-3H3,(H,28,30)/b20-10-. The van der Waals surface area contributed by atoms with Gasteiger partial charge in [-0.05, 0) is 96.6 Å². The lowest BCUT2D eigenvalue weighted by atomic mass is 10.2. The van der Waals surface area contributed by atoms with E-state index in [-0.39, 0.29) is 24.0 Å². The van der Waals surface area contributed by atoms with E-state index in [0.717, 1.165) is 22.2 Å².